The molecular weight excluding hydrogens is 232 g/mol. The van der Waals surface area contributed by atoms with Crippen LogP contribution in [0.15, 0.2) is 42.6 Å². The number of nitrogens with zero attached hydrogens (tertiary/aromatic N) is 1. The number of hydrogen-bond acceptors (Lipinski definition) is 2. The molecule has 2 nitrogen and oxygen atoms in total. The molecule has 0 saturated heterocycles. The maximum atomic E-state index is 6.14. The van der Waals surface area contributed by atoms with Gasteiger partial charge in [-0.1, -0.05) is 23.7 Å². The summed E-state index contributed by atoms with van der Waals surface area (Å²) in [4.78, 5) is 4.32. The fraction of sp³-hybridized carbons (Fsp3) is 0.214. The summed E-state index contributed by atoms with van der Waals surface area (Å²) in [5.74, 6) is 0. The van der Waals surface area contributed by atoms with E-state index in [4.69, 9.17) is 11.6 Å². The summed E-state index contributed by atoms with van der Waals surface area (Å²) < 4.78 is 0. The second kappa shape index (κ2) is 5.19. The van der Waals surface area contributed by atoms with E-state index in [9.17, 15) is 0 Å². The topological polar surface area (TPSA) is 24.9 Å². The van der Waals surface area contributed by atoms with Crippen molar-refractivity contribution in [3.63, 3.8) is 0 Å². The van der Waals surface area contributed by atoms with E-state index in [0.29, 0.717) is 0 Å². The molecule has 1 atom stereocenters. The molecule has 2 rings (SSSR count). The third-order valence-corrected chi connectivity index (χ3v) is 2.95. The van der Waals surface area contributed by atoms with Crippen LogP contribution in [-0.4, -0.2) is 4.98 Å². The van der Waals surface area contributed by atoms with Gasteiger partial charge in [0.15, 0.2) is 0 Å². The van der Waals surface area contributed by atoms with Crippen LogP contribution >= 0.6 is 11.6 Å². The predicted molar refractivity (Wildman–Crippen MR) is 72.5 cm³/mol. The van der Waals surface area contributed by atoms with Gasteiger partial charge in [-0.15, -0.1) is 0 Å². The van der Waals surface area contributed by atoms with Gasteiger partial charge in [-0.3, -0.25) is 4.98 Å². The van der Waals surface area contributed by atoms with Crippen molar-refractivity contribution in [3.8, 4) is 0 Å². The normalized spacial score (nSPS) is 12.2. The van der Waals surface area contributed by atoms with Gasteiger partial charge in [-0.2, -0.15) is 0 Å². The lowest BCUT2D eigenvalue weighted by atomic mass is 10.1. The fourth-order valence-electron chi connectivity index (χ4n) is 1.69. The first-order valence-corrected chi connectivity index (χ1v) is 5.98. The Morgan fingerprint density at radius 2 is 2.06 bits per heavy atom. The van der Waals surface area contributed by atoms with Crippen molar-refractivity contribution in [2.24, 2.45) is 0 Å². The summed E-state index contributed by atoms with van der Waals surface area (Å²) in [5.41, 5.74) is 3.14. The fourth-order valence-corrected chi connectivity index (χ4v) is 1.86. The van der Waals surface area contributed by atoms with Crippen LogP contribution in [0.5, 0.6) is 0 Å². The van der Waals surface area contributed by atoms with Crippen LogP contribution in [0.4, 0.5) is 5.69 Å². The minimum Gasteiger partial charge on any atom is -0.376 e. The summed E-state index contributed by atoms with van der Waals surface area (Å²) >= 11 is 6.14. The monoisotopic (exact) mass is 246 g/mol. The highest BCUT2D eigenvalue weighted by molar-refractivity contribution is 6.33. The van der Waals surface area contributed by atoms with Crippen LogP contribution in [0.25, 0.3) is 0 Å². The van der Waals surface area contributed by atoms with Gasteiger partial charge < -0.3 is 5.32 Å². The largest absolute Gasteiger partial charge is 0.376 e. The van der Waals surface area contributed by atoms with E-state index in [1.807, 2.05) is 43.3 Å². The maximum absolute atomic E-state index is 6.14. The third kappa shape index (κ3) is 2.98. The minimum absolute atomic E-state index is 0.135. The zero-order valence-electron chi connectivity index (χ0n) is 9.94. The van der Waals surface area contributed by atoms with Gasteiger partial charge in [-0.05, 0) is 43.7 Å². The first kappa shape index (κ1) is 11.9. The average Bonchev–Trinajstić information content (AvgIpc) is 2.35. The van der Waals surface area contributed by atoms with Crippen molar-refractivity contribution in [1.82, 2.24) is 4.98 Å². The van der Waals surface area contributed by atoms with Gasteiger partial charge >= 0.3 is 0 Å². The molecule has 0 spiro atoms. The maximum Gasteiger partial charge on any atom is 0.0657 e. The molecule has 1 heterocycles. The Balaban J connectivity index is 2.18. The van der Waals surface area contributed by atoms with Gasteiger partial charge in [0.05, 0.1) is 22.4 Å². The van der Waals surface area contributed by atoms with Crippen molar-refractivity contribution in [2.75, 3.05) is 5.32 Å². The number of anilines is 1. The smallest absolute Gasteiger partial charge is 0.0657 e. The Morgan fingerprint density at radius 1 is 1.24 bits per heavy atom. The van der Waals surface area contributed by atoms with Crippen LogP contribution in [0.1, 0.15) is 24.2 Å². The van der Waals surface area contributed by atoms with Crippen LogP contribution < -0.4 is 5.32 Å². The summed E-state index contributed by atoms with van der Waals surface area (Å²) in [6.07, 6.45) is 1.80. The summed E-state index contributed by atoms with van der Waals surface area (Å²) in [7, 11) is 0. The molecule has 0 aliphatic carbocycles. The van der Waals surface area contributed by atoms with Crippen molar-refractivity contribution < 1.29 is 0 Å². The van der Waals surface area contributed by atoms with Crippen LogP contribution in [-0.2, 0) is 0 Å². The van der Waals surface area contributed by atoms with Gasteiger partial charge in [0, 0.05) is 6.20 Å². The van der Waals surface area contributed by atoms with Crippen LogP contribution in [0.2, 0.25) is 5.02 Å². The molecule has 0 fully saturated rings. The number of aryl methyl sites for hydroxylation is 1. The molecule has 0 saturated carbocycles. The molecule has 1 N–H and O–H groups in total. The molecule has 0 aliphatic heterocycles. The number of aromatic nitrogens is 1. The van der Waals surface area contributed by atoms with Gasteiger partial charge in [-0.25, -0.2) is 0 Å². The lowest BCUT2D eigenvalue weighted by Gasteiger charge is -2.16. The Bertz CT molecular complexity index is 497. The molecule has 1 aromatic heterocycles. The van der Waals surface area contributed by atoms with Gasteiger partial charge in [0.25, 0.3) is 0 Å². The number of halogens is 1. The number of hydrogen-bond donors (Lipinski definition) is 1. The SMILES string of the molecule is Cc1ccc(Cl)c(NC(C)c2ccccn2)c1. The molecule has 88 valence electrons. The number of benzene rings is 1. The Morgan fingerprint density at radius 3 is 2.76 bits per heavy atom. The molecule has 1 aromatic carbocycles. The zero-order chi connectivity index (χ0) is 12.3. The molecule has 0 amide bonds. The van der Waals surface area contributed by atoms with E-state index in [1.54, 1.807) is 6.20 Å². The number of nitrogens with one attached hydrogen (secondary N) is 1. The average molecular weight is 247 g/mol. The molecular formula is C14H15ClN2. The highest BCUT2D eigenvalue weighted by Gasteiger charge is 2.08. The molecule has 0 radical (unpaired) electrons. The Labute approximate surface area is 107 Å². The molecule has 17 heavy (non-hydrogen) atoms. The minimum atomic E-state index is 0.135. The molecule has 0 bridgehead atoms. The van der Waals surface area contributed by atoms with Crippen molar-refractivity contribution in [3.05, 3.63) is 58.9 Å². The van der Waals surface area contributed by atoms with E-state index < -0.39 is 0 Å². The second-order valence-electron chi connectivity index (χ2n) is 4.10. The lowest BCUT2D eigenvalue weighted by Crippen LogP contribution is -2.08. The Kier molecular flexibility index (Phi) is 3.64. The van der Waals surface area contributed by atoms with Crippen molar-refractivity contribution in [2.45, 2.75) is 19.9 Å². The third-order valence-electron chi connectivity index (χ3n) is 2.63. The van der Waals surface area contributed by atoms with E-state index in [-0.39, 0.29) is 6.04 Å². The molecule has 3 heteroatoms. The first-order chi connectivity index (χ1) is 8.16. The first-order valence-electron chi connectivity index (χ1n) is 5.60. The highest BCUT2D eigenvalue weighted by atomic mass is 35.5. The highest BCUT2D eigenvalue weighted by Crippen LogP contribution is 2.26. The van der Waals surface area contributed by atoms with Gasteiger partial charge in [0.1, 0.15) is 0 Å². The zero-order valence-corrected chi connectivity index (χ0v) is 10.7. The van der Waals surface area contributed by atoms with Crippen molar-refractivity contribution >= 4 is 17.3 Å². The van der Waals surface area contributed by atoms with E-state index in [0.717, 1.165) is 16.4 Å². The summed E-state index contributed by atoms with van der Waals surface area (Å²) in [6, 6.07) is 12.0. The lowest BCUT2D eigenvalue weighted by molar-refractivity contribution is 0.839. The molecule has 0 aliphatic rings. The Hall–Kier alpha value is -1.54. The summed E-state index contributed by atoms with van der Waals surface area (Å²) in [6.45, 7) is 4.12. The van der Waals surface area contributed by atoms with E-state index in [1.165, 1.54) is 5.56 Å². The molecule has 1 unspecified atom stereocenters. The molecule has 2 aromatic rings. The van der Waals surface area contributed by atoms with Gasteiger partial charge in [0.2, 0.25) is 0 Å². The van der Waals surface area contributed by atoms with Crippen molar-refractivity contribution in [1.29, 1.82) is 0 Å². The quantitative estimate of drug-likeness (QED) is 0.877. The summed E-state index contributed by atoms with van der Waals surface area (Å²) in [5, 5.41) is 4.11. The van der Waals surface area contributed by atoms with Crippen LogP contribution in [0.3, 0.4) is 0 Å². The number of rotatable bonds is 3. The van der Waals surface area contributed by atoms with E-state index >= 15 is 0 Å². The predicted octanol–water partition coefficient (Wildman–Crippen LogP) is 4.22. The number of pyridine rings is 1. The van der Waals surface area contributed by atoms with E-state index in [2.05, 4.69) is 17.2 Å². The van der Waals surface area contributed by atoms with Crippen LogP contribution in [0, 0.1) is 6.92 Å². The standard InChI is InChI=1S/C14H15ClN2/c1-10-6-7-12(15)14(9-10)17-11(2)13-5-3-4-8-16-13/h3-9,11,17H,1-2H3. The second-order valence-corrected chi connectivity index (χ2v) is 4.51.